The summed E-state index contributed by atoms with van der Waals surface area (Å²) in [7, 11) is 0.215. The first-order chi connectivity index (χ1) is 34.6. The van der Waals surface area contributed by atoms with Crippen molar-refractivity contribution < 1.29 is 52.8 Å². The number of likely N-dealkylation sites (N-methyl/N-ethyl adjacent to an activating group) is 1. The highest BCUT2D eigenvalue weighted by Gasteiger charge is 2.68. The lowest BCUT2D eigenvalue weighted by Crippen LogP contribution is -2.65. The van der Waals surface area contributed by atoms with Crippen LogP contribution in [-0.2, 0) is 55.7 Å². The lowest BCUT2D eigenvalue weighted by Gasteiger charge is -2.64. The summed E-state index contributed by atoms with van der Waals surface area (Å²) in [6, 6.07) is 9.10. The molecule has 1 saturated heterocycles. The molecule has 73 heavy (non-hydrogen) atoms. The van der Waals surface area contributed by atoms with E-state index in [4.69, 9.17) is 32.2 Å². The van der Waals surface area contributed by atoms with Gasteiger partial charge in [0.05, 0.1) is 37.6 Å². The monoisotopic (exact) mass is 1010 g/mol. The predicted octanol–water partition coefficient (Wildman–Crippen LogP) is -2.47. The molecule has 24 nitrogen and oxygen atoms in total. The highest BCUT2D eigenvalue weighted by Crippen LogP contribution is 2.65. The number of rotatable bonds is 24. The van der Waals surface area contributed by atoms with Crippen LogP contribution in [0.1, 0.15) is 81.4 Å². The molecule has 3 aliphatic carbocycles. The van der Waals surface area contributed by atoms with Gasteiger partial charge in [-0.25, -0.2) is 4.98 Å². The Labute approximate surface area is 423 Å². The number of amides is 8. The minimum Gasteiger partial charge on any atom is -0.403 e. The average Bonchev–Trinajstić information content (AvgIpc) is 4.02. The van der Waals surface area contributed by atoms with Gasteiger partial charge in [0.25, 0.3) is 17.7 Å². The molecule has 2 heterocycles. The summed E-state index contributed by atoms with van der Waals surface area (Å²) in [5.41, 5.74) is 26.8. The normalized spacial score (nSPS) is 21.8. The SMILES string of the molecule is CCCCc1ccc(-c2ccc(C(=O)N[C@H](CO)C(=O)N[C@H](N)C(=O)NCC(=O)N(C)[C@@H](Cc3cnc[nH]3)C(=O)N[C@@H](N)C(=O)N[C@@H](CC(N)=O)C(=O)N[C@@H](N)B3OC4C[C@@H]5C[C@@H](C5(C)C)[C@]4(C)O3)cc2)cc1. The van der Waals surface area contributed by atoms with E-state index in [0.29, 0.717) is 11.6 Å². The smallest absolute Gasteiger partial charge is 0.403 e. The van der Waals surface area contributed by atoms with Crippen molar-refractivity contribution in [3.05, 3.63) is 77.9 Å². The number of carbonyl (C=O) groups excluding carboxylic acids is 8. The quantitative estimate of drug-likeness (QED) is 0.0327. The van der Waals surface area contributed by atoms with Gasteiger partial charge >= 0.3 is 7.12 Å². The molecule has 3 aromatic rings. The third kappa shape index (κ3) is 13.3. The maximum absolute atomic E-state index is 13.8. The van der Waals surface area contributed by atoms with Crippen LogP contribution in [0.25, 0.3) is 11.1 Å². The molecule has 1 aliphatic heterocycles. The van der Waals surface area contributed by atoms with Crippen LogP contribution >= 0.6 is 0 Å². The number of aromatic nitrogens is 2. The fourth-order valence-corrected chi connectivity index (χ4v) is 9.77. The van der Waals surface area contributed by atoms with Crippen LogP contribution in [0.4, 0.5) is 0 Å². The maximum atomic E-state index is 13.8. The predicted molar refractivity (Wildman–Crippen MR) is 265 cm³/mol. The van der Waals surface area contributed by atoms with E-state index in [9.17, 15) is 43.5 Å². The van der Waals surface area contributed by atoms with Crippen molar-refractivity contribution in [1.82, 2.24) is 46.8 Å². The summed E-state index contributed by atoms with van der Waals surface area (Å²) in [5.74, 6) is -6.78. The largest absolute Gasteiger partial charge is 0.497 e. The summed E-state index contributed by atoms with van der Waals surface area (Å²) in [4.78, 5) is 113. The molecule has 16 N–H and O–H groups in total. The molecule has 3 saturated carbocycles. The topological polar surface area (TPSA) is 383 Å². The van der Waals surface area contributed by atoms with Crippen molar-refractivity contribution >= 4 is 54.4 Å². The number of hydrogen-bond donors (Lipinski definition) is 12. The van der Waals surface area contributed by atoms with E-state index < -0.39 is 116 Å². The Kier molecular flexibility index (Phi) is 18.1. The number of primary amides is 1. The molecule has 10 atom stereocenters. The first kappa shape index (κ1) is 55.5. The number of nitrogens with zero attached hydrogens (tertiary/aromatic N) is 2. The van der Waals surface area contributed by atoms with Gasteiger partial charge in [0, 0.05) is 30.9 Å². The molecule has 2 aromatic carbocycles. The third-order valence-corrected chi connectivity index (χ3v) is 14.4. The number of benzene rings is 2. The lowest BCUT2D eigenvalue weighted by molar-refractivity contribution is -0.199. The Bertz CT molecular complexity index is 2480. The van der Waals surface area contributed by atoms with Gasteiger partial charge in [0.1, 0.15) is 24.2 Å². The van der Waals surface area contributed by atoms with Gasteiger partial charge in [-0.3, -0.25) is 38.4 Å². The fourth-order valence-electron chi connectivity index (χ4n) is 9.77. The van der Waals surface area contributed by atoms with Crippen LogP contribution < -0.4 is 54.8 Å². The number of imidazole rings is 1. The van der Waals surface area contributed by atoms with E-state index in [1.54, 1.807) is 24.3 Å². The number of aromatic amines is 1. The van der Waals surface area contributed by atoms with Crippen LogP contribution in [0.2, 0.25) is 0 Å². The highest BCUT2D eigenvalue weighted by atomic mass is 16.7. The summed E-state index contributed by atoms with van der Waals surface area (Å²) >= 11 is 0. The third-order valence-electron chi connectivity index (χ3n) is 14.4. The molecule has 4 aliphatic rings. The van der Waals surface area contributed by atoms with Gasteiger partial charge < -0.3 is 79.1 Å². The molecule has 1 aromatic heterocycles. The summed E-state index contributed by atoms with van der Waals surface area (Å²) in [6.45, 7) is 6.91. The number of H-pyrrole nitrogens is 1. The molecule has 1 unspecified atom stereocenters. The molecule has 2 bridgehead atoms. The average molecular weight is 1010 g/mol. The summed E-state index contributed by atoms with van der Waals surface area (Å²) < 4.78 is 12.5. The summed E-state index contributed by atoms with van der Waals surface area (Å²) in [6.07, 6.45) is 2.97. The Balaban J connectivity index is 0.984. The zero-order valence-electron chi connectivity index (χ0n) is 41.6. The van der Waals surface area contributed by atoms with Crippen molar-refractivity contribution in [3.8, 4) is 11.1 Å². The van der Waals surface area contributed by atoms with Crippen LogP contribution in [0, 0.1) is 17.3 Å². The summed E-state index contributed by atoms with van der Waals surface area (Å²) in [5, 5.41) is 24.0. The second kappa shape index (κ2) is 23.8. The van der Waals surface area contributed by atoms with Crippen LogP contribution in [0.3, 0.4) is 0 Å². The van der Waals surface area contributed by atoms with Gasteiger partial charge in [-0.1, -0.05) is 63.6 Å². The van der Waals surface area contributed by atoms with Gasteiger partial charge in [0.2, 0.25) is 29.5 Å². The number of unbranched alkanes of at least 4 members (excludes halogenated alkanes) is 1. The standard InChI is InChI=1S/C48H68BN13O11/c1-6-7-8-25-9-11-26(12-10-25)27-13-15-28(16-14-27)40(66)58-32(23-63)42(68)59-38(51)44(70)55-22-37(65)62(5)33(19-30-21-54-24-56-30)43(69)60-39(52)45(71)57-31(20-36(50)64)41(67)61-46(53)49-72-35-18-29-17-34(47(29,2)3)48(35,4)73-49/h9-16,21,24,29,31-35,38-39,46,63H,6-8,17-20,22-23,51-53H2,1-5H3,(H2,50,64)(H,54,56)(H,55,70)(H,57,71)(H,58,66)(H,59,68)(H,60,69)(H,61,67)/t29-,31-,32+,33-,34-,35?,38-,39+,46+,48-/m0/s1. The van der Waals surface area contributed by atoms with Crippen LogP contribution in [-0.4, -0.2) is 143 Å². The van der Waals surface area contributed by atoms with Gasteiger partial charge in [-0.05, 0) is 78.7 Å². The van der Waals surface area contributed by atoms with Crippen molar-refractivity contribution in [3.63, 3.8) is 0 Å². The highest BCUT2D eigenvalue weighted by molar-refractivity contribution is 6.47. The van der Waals surface area contributed by atoms with E-state index in [0.717, 1.165) is 48.1 Å². The van der Waals surface area contributed by atoms with Gasteiger partial charge in [-0.2, -0.15) is 0 Å². The van der Waals surface area contributed by atoms with E-state index in [1.807, 2.05) is 19.1 Å². The van der Waals surface area contributed by atoms with E-state index in [-0.39, 0.29) is 29.4 Å². The number of aliphatic hydroxyl groups excluding tert-OH is 1. The number of nitrogens with two attached hydrogens (primary N) is 4. The Morgan fingerprint density at radius 1 is 0.836 bits per heavy atom. The minimum atomic E-state index is -1.84. The lowest BCUT2D eigenvalue weighted by atomic mass is 9.43. The number of aryl methyl sites for hydroxylation is 1. The van der Waals surface area contributed by atoms with E-state index in [2.05, 4.69) is 74.8 Å². The molecular formula is C48H68BN13O11. The Hall–Kier alpha value is -6.77. The Morgan fingerprint density at radius 2 is 1.47 bits per heavy atom. The molecular weight excluding hydrogens is 945 g/mol. The molecule has 7 rings (SSSR count). The number of aliphatic hydroxyl groups is 1. The molecule has 0 radical (unpaired) electrons. The molecule has 4 fully saturated rings. The molecule has 25 heteroatoms. The maximum Gasteiger partial charge on any atom is 0.497 e. The second-order valence-electron chi connectivity index (χ2n) is 19.7. The number of nitrogens with one attached hydrogen (secondary N) is 7. The molecule has 0 spiro atoms. The first-order valence-electron chi connectivity index (χ1n) is 24.3. The van der Waals surface area contributed by atoms with Gasteiger partial charge in [-0.15, -0.1) is 0 Å². The first-order valence-corrected chi connectivity index (χ1v) is 24.3. The second-order valence-corrected chi connectivity index (χ2v) is 19.7. The number of hydrogen-bond acceptors (Lipinski definition) is 15. The fraction of sp³-hybridized carbons (Fsp3) is 0.521. The van der Waals surface area contributed by atoms with E-state index in [1.165, 1.54) is 25.1 Å². The molecule has 8 amide bonds. The van der Waals surface area contributed by atoms with E-state index >= 15 is 0 Å². The van der Waals surface area contributed by atoms with Crippen molar-refractivity contribution in [2.24, 2.45) is 40.2 Å². The number of carbonyl (C=O) groups is 8. The Morgan fingerprint density at radius 3 is 2.07 bits per heavy atom. The van der Waals surface area contributed by atoms with Crippen molar-refractivity contribution in [2.45, 2.75) is 121 Å². The zero-order chi connectivity index (χ0) is 53.4. The zero-order valence-corrected chi connectivity index (χ0v) is 41.6. The van der Waals surface area contributed by atoms with Crippen LogP contribution in [0.15, 0.2) is 61.1 Å². The van der Waals surface area contributed by atoms with Gasteiger partial charge in [0.15, 0.2) is 12.3 Å². The van der Waals surface area contributed by atoms with Crippen molar-refractivity contribution in [2.75, 3.05) is 20.2 Å². The van der Waals surface area contributed by atoms with Crippen LogP contribution in [0.5, 0.6) is 0 Å². The van der Waals surface area contributed by atoms with Crippen molar-refractivity contribution in [1.29, 1.82) is 0 Å². The minimum absolute atomic E-state index is 0.0508. The molecule has 394 valence electrons.